The standard InChI is InChI=1S/C33H31ClF4N6O3/c1-32(24-6-5-20(34)12-25(24)35)46-28-4-2-3-23(29(28)47-32)18-7-9-43(10-8-18)16-26-27(44-15-22-13-21(44)17-45-22)11-19(14-39-26)30-40-31(42-41-30)33(36,37)38/h2-6,11-12,14,18,21-22H,7-10,13,15-17H2,1H3,(H,40,41,42)/t21-,22-,32+/m1/s1. The maximum absolute atomic E-state index is 14.9. The topological polar surface area (TPSA) is 88.6 Å². The van der Waals surface area contributed by atoms with Crippen molar-refractivity contribution in [3.63, 3.8) is 0 Å². The predicted octanol–water partition coefficient (Wildman–Crippen LogP) is 6.68. The maximum atomic E-state index is 14.9. The van der Waals surface area contributed by atoms with Crippen molar-refractivity contribution in [3.8, 4) is 22.9 Å². The van der Waals surface area contributed by atoms with E-state index in [1.165, 1.54) is 6.07 Å². The fourth-order valence-corrected chi connectivity index (χ4v) is 7.40. The molecule has 3 atom stereocenters. The number of aromatic nitrogens is 4. The Morgan fingerprint density at radius 3 is 2.64 bits per heavy atom. The summed E-state index contributed by atoms with van der Waals surface area (Å²) in [6.45, 7) is 5.19. The van der Waals surface area contributed by atoms with Gasteiger partial charge in [-0.25, -0.2) is 9.37 Å². The van der Waals surface area contributed by atoms with Gasteiger partial charge < -0.3 is 19.1 Å². The van der Waals surface area contributed by atoms with Gasteiger partial charge in [0.05, 0.1) is 35.7 Å². The van der Waals surface area contributed by atoms with E-state index in [2.05, 4.69) is 19.9 Å². The molecule has 2 bridgehead atoms. The average Bonchev–Trinajstić information content (AvgIpc) is 3.85. The smallest absolute Gasteiger partial charge is 0.444 e. The molecule has 0 radical (unpaired) electrons. The van der Waals surface area contributed by atoms with Crippen LogP contribution >= 0.6 is 11.6 Å². The molecule has 2 aromatic heterocycles. The van der Waals surface area contributed by atoms with Crippen LogP contribution in [0.3, 0.4) is 0 Å². The molecule has 0 unspecified atom stereocenters. The zero-order chi connectivity index (χ0) is 32.5. The lowest BCUT2D eigenvalue weighted by Crippen LogP contribution is -2.39. The van der Waals surface area contributed by atoms with Crippen molar-refractivity contribution < 1.29 is 31.8 Å². The Hall–Kier alpha value is -3.94. The normalized spacial score (nSPS) is 24.4. The van der Waals surface area contributed by atoms with Crippen LogP contribution in [0.1, 0.15) is 54.7 Å². The van der Waals surface area contributed by atoms with Crippen LogP contribution < -0.4 is 14.4 Å². The van der Waals surface area contributed by atoms with E-state index in [9.17, 15) is 17.6 Å². The molecule has 9 nitrogen and oxygen atoms in total. The number of fused-ring (bicyclic) bond motifs is 3. The second-order valence-electron chi connectivity index (χ2n) is 12.7. The Kier molecular flexibility index (Phi) is 7.34. The summed E-state index contributed by atoms with van der Waals surface area (Å²) in [5.74, 6) is -1.58. The van der Waals surface area contributed by atoms with Crippen LogP contribution in [0.4, 0.5) is 23.2 Å². The number of alkyl halides is 3. The monoisotopic (exact) mass is 670 g/mol. The summed E-state index contributed by atoms with van der Waals surface area (Å²) in [6, 6.07) is 12.3. The predicted molar refractivity (Wildman–Crippen MR) is 164 cm³/mol. The molecular weight excluding hydrogens is 640 g/mol. The van der Waals surface area contributed by atoms with Crippen LogP contribution in [-0.4, -0.2) is 63.5 Å². The van der Waals surface area contributed by atoms with Crippen LogP contribution in [0, 0.1) is 5.82 Å². The van der Waals surface area contributed by atoms with E-state index in [1.807, 2.05) is 29.4 Å². The third-order valence-electron chi connectivity index (χ3n) is 9.60. The lowest BCUT2D eigenvalue weighted by atomic mass is 9.88. The molecule has 0 spiro atoms. The maximum Gasteiger partial charge on any atom is 0.451 e. The fraction of sp³-hybridized carbons (Fsp3) is 0.424. The van der Waals surface area contributed by atoms with Gasteiger partial charge in [-0.3, -0.25) is 15.0 Å². The number of morpholine rings is 1. The number of likely N-dealkylation sites (tertiary alicyclic amines) is 1. The van der Waals surface area contributed by atoms with Crippen LogP contribution in [0.25, 0.3) is 11.4 Å². The molecule has 8 rings (SSSR count). The van der Waals surface area contributed by atoms with Crippen molar-refractivity contribution in [2.75, 3.05) is 31.1 Å². The highest BCUT2D eigenvalue weighted by molar-refractivity contribution is 6.30. The summed E-state index contributed by atoms with van der Waals surface area (Å²) in [7, 11) is 0. The lowest BCUT2D eigenvalue weighted by molar-refractivity contribution is -0.144. The van der Waals surface area contributed by atoms with Gasteiger partial charge in [0.15, 0.2) is 17.3 Å². The van der Waals surface area contributed by atoms with Crippen LogP contribution in [0.15, 0.2) is 48.7 Å². The minimum Gasteiger partial charge on any atom is -0.444 e. The first-order valence-corrected chi connectivity index (χ1v) is 16.0. The van der Waals surface area contributed by atoms with Gasteiger partial charge in [0.25, 0.3) is 5.79 Å². The summed E-state index contributed by atoms with van der Waals surface area (Å²) >= 11 is 5.97. The number of nitrogens with zero attached hydrogens (tertiary/aromatic N) is 5. The lowest BCUT2D eigenvalue weighted by Gasteiger charge is -2.35. The number of anilines is 1. The first-order chi connectivity index (χ1) is 22.5. The van der Waals surface area contributed by atoms with Crippen molar-refractivity contribution in [2.24, 2.45) is 0 Å². The highest BCUT2D eigenvalue weighted by Crippen LogP contribution is 2.50. The van der Waals surface area contributed by atoms with Crippen LogP contribution in [0.5, 0.6) is 11.5 Å². The van der Waals surface area contributed by atoms with E-state index >= 15 is 0 Å². The van der Waals surface area contributed by atoms with Gasteiger partial charge in [0, 0.05) is 42.4 Å². The number of hydrogen-bond acceptors (Lipinski definition) is 8. The largest absolute Gasteiger partial charge is 0.451 e. The Bertz CT molecular complexity index is 1830. The van der Waals surface area contributed by atoms with Gasteiger partial charge in [-0.15, -0.1) is 0 Å². The number of piperidine rings is 1. The number of rotatable bonds is 6. The quantitative estimate of drug-likeness (QED) is 0.228. The third kappa shape index (κ3) is 5.57. The molecule has 4 aliphatic heterocycles. The van der Waals surface area contributed by atoms with E-state index < -0.39 is 23.6 Å². The summed E-state index contributed by atoms with van der Waals surface area (Å²) in [5.41, 5.74) is 3.45. The average molecular weight is 671 g/mol. The molecule has 4 aromatic rings. The minimum atomic E-state index is -4.62. The Labute approximate surface area is 272 Å². The fourth-order valence-electron chi connectivity index (χ4n) is 7.24. The van der Waals surface area contributed by atoms with Crippen molar-refractivity contribution in [3.05, 3.63) is 82.1 Å². The zero-order valence-electron chi connectivity index (χ0n) is 25.4. The molecule has 246 valence electrons. The van der Waals surface area contributed by atoms with E-state index in [0.717, 1.165) is 49.3 Å². The molecule has 3 fully saturated rings. The number of H-pyrrole nitrogens is 1. The number of hydrogen-bond donors (Lipinski definition) is 1. The molecule has 0 aliphatic carbocycles. The van der Waals surface area contributed by atoms with E-state index in [-0.39, 0.29) is 29.5 Å². The van der Waals surface area contributed by atoms with Gasteiger partial charge >= 0.3 is 6.18 Å². The van der Waals surface area contributed by atoms with Crippen LogP contribution in [-0.2, 0) is 23.2 Å². The highest BCUT2D eigenvalue weighted by atomic mass is 35.5. The van der Waals surface area contributed by atoms with Gasteiger partial charge in [-0.05, 0) is 68.6 Å². The van der Waals surface area contributed by atoms with E-state index in [4.69, 9.17) is 30.8 Å². The summed E-state index contributed by atoms with van der Waals surface area (Å²) in [5, 5.41) is 6.11. The molecule has 14 heteroatoms. The second kappa shape index (κ2) is 11.3. The Balaban J connectivity index is 0.995. The first-order valence-electron chi connectivity index (χ1n) is 15.6. The molecular formula is C33H31ClF4N6O3. The zero-order valence-corrected chi connectivity index (χ0v) is 26.1. The molecule has 6 heterocycles. The minimum absolute atomic E-state index is 0.0458. The van der Waals surface area contributed by atoms with Gasteiger partial charge in [-0.2, -0.15) is 18.3 Å². The Morgan fingerprint density at radius 1 is 1.11 bits per heavy atom. The molecule has 0 saturated carbocycles. The van der Waals surface area contributed by atoms with Crippen molar-refractivity contribution in [1.29, 1.82) is 0 Å². The Morgan fingerprint density at radius 2 is 1.94 bits per heavy atom. The summed E-state index contributed by atoms with van der Waals surface area (Å²) in [6.07, 6.45) is -0.316. The number of benzene rings is 2. The third-order valence-corrected chi connectivity index (χ3v) is 9.84. The van der Waals surface area contributed by atoms with Crippen LogP contribution in [0.2, 0.25) is 5.02 Å². The van der Waals surface area contributed by atoms with Gasteiger partial charge in [0.1, 0.15) is 5.82 Å². The molecule has 1 N–H and O–H groups in total. The number of pyridine rings is 1. The number of aromatic amines is 1. The second-order valence-corrected chi connectivity index (χ2v) is 13.1. The number of para-hydroxylation sites is 1. The number of ether oxygens (including phenoxy) is 3. The SMILES string of the molecule is C[C@]1(c2ccc(Cl)cc2F)Oc2cccc(C3CCN(Cc4ncc(-c5n[nH]c(C(F)(F)F)n5)cc4N4C[C@H]5C[C@@H]4CO5)CC3)c2O1. The summed E-state index contributed by atoms with van der Waals surface area (Å²) in [4.78, 5) is 13.0. The first kappa shape index (κ1) is 30.4. The van der Waals surface area contributed by atoms with E-state index in [0.29, 0.717) is 41.8 Å². The molecule has 4 aliphatic rings. The highest BCUT2D eigenvalue weighted by Gasteiger charge is 2.44. The number of nitrogens with one attached hydrogen (secondary N) is 1. The van der Waals surface area contributed by atoms with Gasteiger partial charge in [0.2, 0.25) is 5.82 Å². The van der Waals surface area contributed by atoms with Gasteiger partial charge in [-0.1, -0.05) is 23.7 Å². The molecule has 0 amide bonds. The van der Waals surface area contributed by atoms with Crippen molar-refractivity contribution in [1.82, 2.24) is 25.1 Å². The summed E-state index contributed by atoms with van der Waals surface area (Å²) < 4.78 is 72.8. The van der Waals surface area contributed by atoms with Crippen molar-refractivity contribution in [2.45, 2.75) is 62.8 Å². The number of halogens is 5. The molecule has 3 saturated heterocycles. The molecule has 47 heavy (non-hydrogen) atoms. The molecule has 2 aromatic carbocycles. The van der Waals surface area contributed by atoms with Crippen molar-refractivity contribution >= 4 is 17.3 Å². The van der Waals surface area contributed by atoms with E-state index in [1.54, 1.807) is 25.3 Å².